The molecule has 0 radical (unpaired) electrons. The Bertz CT molecular complexity index is 737. The SMILES string of the molecule is O=C(Nc1cccc(Cl)c1Br)c1cc([N+](=O)[O-])ccc1Br. The fraction of sp³-hybridized carbons (Fsp3) is 0. The summed E-state index contributed by atoms with van der Waals surface area (Å²) in [5, 5.41) is 13.9. The standard InChI is InChI=1S/C13H7Br2ClN2O3/c14-9-5-4-7(18(20)21)6-8(9)13(19)17-11-3-1-2-10(16)12(11)15/h1-6H,(H,17,19). The van der Waals surface area contributed by atoms with Gasteiger partial charge >= 0.3 is 0 Å². The number of hydrogen-bond donors (Lipinski definition) is 1. The number of rotatable bonds is 3. The lowest BCUT2D eigenvalue weighted by Crippen LogP contribution is -2.13. The summed E-state index contributed by atoms with van der Waals surface area (Å²) < 4.78 is 1.00. The third-order valence-corrected chi connectivity index (χ3v) is 4.69. The van der Waals surface area contributed by atoms with Crippen molar-refractivity contribution in [3.05, 3.63) is 66.0 Å². The van der Waals surface area contributed by atoms with Crippen LogP contribution >= 0.6 is 43.5 Å². The predicted molar refractivity (Wildman–Crippen MR) is 87.9 cm³/mol. The Balaban J connectivity index is 2.34. The van der Waals surface area contributed by atoms with E-state index < -0.39 is 10.8 Å². The van der Waals surface area contributed by atoms with Crippen LogP contribution in [0, 0.1) is 10.1 Å². The first-order chi connectivity index (χ1) is 9.90. The molecule has 0 atom stereocenters. The van der Waals surface area contributed by atoms with Crippen molar-refractivity contribution >= 4 is 60.7 Å². The molecular formula is C13H7Br2ClN2O3. The fourth-order valence-electron chi connectivity index (χ4n) is 1.59. The maximum absolute atomic E-state index is 12.2. The number of non-ortho nitro benzene ring substituents is 1. The van der Waals surface area contributed by atoms with Crippen molar-refractivity contribution in [2.75, 3.05) is 5.32 Å². The number of benzene rings is 2. The van der Waals surface area contributed by atoms with E-state index in [0.29, 0.717) is 19.7 Å². The lowest BCUT2D eigenvalue weighted by molar-refractivity contribution is -0.384. The lowest BCUT2D eigenvalue weighted by Gasteiger charge is -2.09. The van der Waals surface area contributed by atoms with Gasteiger partial charge in [0, 0.05) is 16.6 Å². The lowest BCUT2D eigenvalue weighted by atomic mass is 10.2. The molecule has 0 saturated carbocycles. The predicted octanol–water partition coefficient (Wildman–Crippen LogP) is 5.03. The second-order valence-corrected chi connectivity index (χ2v) is 6.03. The number of amides is 1. The van der Waals surface area contributed by atoms with Crippen LogP contribution in [0.25, 0.3) is 0 Å². The van der Waals surface area contributed by atoms with E-state index in [1.54, 1.807) is 18.2 Å². The number of hydrogen-bond acceptors (Lipinski definition) is 3. The van der Waals surface area contributed by atoms with Gasteiger partial charge in [-0.05, 0) is 50.1 Å². The van der Waals surface area contributed by atoms with Gasteiger partial charge in [0.15, 0.2) is 0 Å². The molecule has 5 nitrogen and oxygen atoms in total. The molecule has 0 aliphatic heterocycles. The normalized spacial score (nSPS) is 10.2. The molecule has 0 unspecified atom stereocenters. The molecule has 0 bridgehead atoms. The Kier molecular flexibility index (Phi) is 4.97. The van der Waals surface area contributed by atoms with E-state index in [0.717, 1.165) is 0 Å². The maximum Gasteiger partial charge on any atom is 0.270 e. The summed E-state index contributed by atoms with van der Waals surface area (Å²) in [6, 6.07) is 9.00. The molecule has 2 aromatic carbocycles. The molecule has 0 aliphatic carbocycles. The van der Waals surface area contributed by atoms with Crippen molar-refractivity contribution in [3.8, 4) is 0 Å². The fourth-order valence-corrected chi connectivity index (χ4v) is 2.56. The largest absolute Gasteiger partial charge is 0.321 e. The number of carbonyl (C=O) groups is 1. The van der Waals surface area contributed by atoms with Crippen molar-refractivity contribution in [1.82, 2.24) is 0 Å². The molecule has 0 fully saturated rings. The third kappa shape index (κ3) is 3.61. The van der Waals surface area contributed by atoms with Gasteiger partial charge in [0.1, 0.15) is 0 Å². The highest BCUT2D eigenvalue weighted by Gasteiger charge is 2.17. The zero-order chi connectivity index (χ0) is 15.6. The minimum Gasteiger partial charge on any atom is -0.321 e. The van der Waals surface area contributed by atoms with Crippen LogP contribution in [-0.2, 0) is 0 Å². The van der Waals surface area contributed by atoms with E-state index in [2.05, 4.69) is 37.2 Å². The summed E-state index contributed by atoms with van der Waals surface area (Å²) >= 11 is 12.4. The maximum atomic E-state index is 12.2. The van der Waals surface area contributed by atoms with Gasteiger partial charge in [-0.25, -0.2) is 0 Å². The van der Waals surface area contributed by atoms with Crippen LogP contribution in [0.3, 0.4) is 0 Å². The number of nitrogens with one attached hydrogen (secondary N) is 1. The molecule has 8 heteroatoms. The van der Waals surface area contributed by atoms with Crippen LogP contribution in [0.5, 0.6) is 0 Å². The van der Waals surface area contributed by atoms with Gasteiger partial charge in [-0.3, -0.25) is 14.9 Å². The summed E-state index contributed by atoms with van der Waals surface area (Å²) in [5.74, 6) is -0.478. The van der Waals surface area contributed by atoms with Crippen LogP contribution in [0.4, 0.5) is 11.4 Å². The first kappa shape index (κ1) is 15.9. The minimum atomic E-state index is -0.557. The Morgan fingerprint density at radius 2 is 1.95 bits per heavy atom. The van der Waals surface area contributed by atoms with Crippen molar-refractivity contribution in [1.29, 1.82) is 0 Å². The summed E-state index contributed by atoms with van der Waals surface area (Å²) in [7, 11) is 0. The smallest absolute Gasteiger partial charge is 0.270 e. The molecule has 1 amide bonds. The van der Waals surface area contributed by atoms with Gasteiger partial charge in [0.05, 0.1) is 25.7 Å². The van der Waals surface area contributed by atoms with Gasteiger partial charge in [-0.15, -0.1) is 0 Å². The number of nitro benzene ring substituents is 1. The highest BCUT2D eigenvalue weighted by Crippen LogP contribution is 2.31. The van der Waals surface area contributed by atoms with Crippen molar-refractivity contribution in [2.24, 2.45) is 0 Å². The summed E-state index contributed by atoms with van der Waals surface area (Å²) in [5.41, 5.74) is 0.482. The van der Waals surface area contributed by atoms with Gasteiger partial charge in [-0.2, -0.15) is 0 Å². The van der Waals surface area contributed by atoms with E-state index in [4.69, 9.17) is 11.6 Å². The molecule has 0 aliphatic rings. The second kappa shape index (κ2) is 6.55. The molecular weight excluding hydrogens is 427 g/mol. The number of nitro groups is 1. The van der Waals surface area contributed by atoms with Crippen LogP contribution in [0.15, 0.2) is 45.3 Å². The summed E-state index contributed by atoms with van der Waals surface area (Å²) in [4.78, 5) is 22.5. The highest BCUT2D eigenvalue weighted by molar-refractivity contribution is 9.11. The van der Waals surface area contributed by atoms with Crippen LogP contribution in [0.2, 0.25) is 5.02 Å². The van der Waals surface area contributed by atoms with E-state index in [-0.39, 0.29) is 11.3 Å². The van der Waals surface area contributed by atoms with Crippen molar-refractivity contribution in [2.45, 2.75) is 0 Å². The van der Waals surface area contributed by atoms with Crippen molar-refractivity contribution in [3.63, 3.8) is 0 Å². The van der Waals surface area contributed by atoms with Gasteiger partial charge in [-0.1, -0.05) is 17.7 Å². The van der Waals surface area contributed by atoms with E-state index in [9.17, 15) is 14.9 Å². The molecule has 0 spiro atoms. The second-order valence-electron chi connectivity index (χ2n) is 3.98. The highest BCUT2D eigenvalue weighted by atomic mass is 79.9. The molecule has 0 heterocycles. The minimum absolute atomic E-state index is 0.159. The monoisotopic (exact) mass is 432 g/mol. The van der Waals surface area contributed by atoms with Crippen LogP contribution in [0.1, 0.15) is 10.4 Å². The van der Waals surface area contributed by atoms with Crippen LogP contribution < -0.4 is 5.32 Å². The Labute approximate surface area is 141 Å². The number of halogens is 3. The number of anilines is 1. The van der Waals surface area contributed by atoms with Gasteiger partial charge in [0.2, 0.25) is 0 Å². The molecule has 0 aromatic heterocycles. The molecule has 108 valence electrons. The van der Waals surface area contributed by atoms with Crippen molar-refractivity contribution < 1.29 is 9.72 Å². The van der Waals surface area contributed by atoms with E-state index >= 15 is 0 Å². The molecule has 2 rings (SSSR count). The molecule has 1 N–H and O–H groups in total. The number of nitrogens with zero attached hydrogens (tertiary/aromatic N) is 1. The van der Waals surface area contributed by atoms with E-state index in [1.165, 1.54) is 18.2 Å². The van der Waals surface area contributed by atoms with Gasteiger partial charge < -0.3 is 5.32 Å². The first-order valence-electron chi connectivity index (χ1n) is 5.59. The Morgan fingerprint density at radius 1 is 1.24 bits per heavy atom. The summed E-state index contributed by atoms with van der Waals surface area (Å²) in [6.07, 6.45) is 0. The average molecular weight is 434 g/mol. The third-order valence-electron chi connectivity index (χ3n) is 2.61. The first-order valence-corrected chi connectivity index (χ1v) is 7.56. The zero-order valence-electron chi connectivity index (χ0n) is 10.3. The Morgan fingerprint density at radius 3 is 2.62 bits per heavy atom. The Hall–Kier alpha value is -1.44. The zero-order valence-corrected chi connectivity index (χ0v) is 14.2. The van der Waals surface area contributed by atoms with Gasteiger partial charge in [0.25, 0.3) is 11.6 Å². The summed E-state index contributed by atoms with van der Waals surface area (Å²) in [6.45, 7) is 0. The topological polar surface area (TPSA) is 72.2 Å². The quantitative estimate of drug-likeness (QED) is 0.544. The number of carbonyl (C=O) groups excluding carboxylic acids is 1. The molecule has 0 saturated heterocycles. The van der Waals surface area contributed by atoms with Crippen LogP contribution in [-0.4, -0.2) is 10.8 Å². The molecule has 21 heavy (non-hydrogen) atoms. The van der Waals surface area contributed by atoms with E-state index in [1.807, 2.05) is 0 Å². The average Bonchev–Trinajstić information content (AvgIpc) is 2.44. The molecule has 2 aromatic rings.